The molecule has 0 aliphatic carbocycles. The molecule has 0 fully saturated rings. The van der Waals surface area contributed by atoms with Crippen molar-refractivity contribution in [1.82, 2.24) is 0 Å². The maximum absolute atomic E-state index is 12.6. The van der Waals surface area contributed by atoms with Gasteiger partial charge in [-0.05, 0) is 60.2 Å². The Bertz CT molecular complexity index is 1490. The van der Waals surface area contributed by atoms with Crippen molar-refractivity contribution in [3.05, 3.63) is 100 Å². The van der Waals surface area contributed by atoms with Crippen LogP contribution in [0.2, 0.25) is 0 Å². The van der Waals surface area contributed by atoms with Gasteiger partial charge in [0.2, 0.25) is 5.88 Å². The average molecular weight is 539 g/mol. The minimum absolute atomic E-state index is 0.00563. The molecular weight excluding hydrogens is 504 g/mol. The van der Waals surface area contributed by atoms with E-state index in [2.05, 4.69) is 39.0 Å². The normalized spacial score (nSPS) is 14.8. The van der Waals surface area contributed by atoms with E-state index in [1.807, 2.05) is 44.2 Å². The van der Waals surface area contributed by atoms with Gasteiger partial charge >= 0.3 is 5.97 Å². The van der Waals surface area contributed by atoms with Gasteiger partial charge < -0.3 is 24.7 Å². The zero-order valence-electron chi connectivity index (χ0n) is 23.5. The van der Waals surface area contributed by atoms with Crippen LogP contribution in [0.1, 0.15) is 62.8 Å². The van der Waals surface area contributed by atoms with E-state index in [1.165, 1.54) is 11.6 Å². The molecular formula is C33H34N2O5. The number of hydrogen-bond donors (Lipinski definition) is 1. The molecule has 0 bridgehead atoms. The minimum atomic E-state index is -0.527. The van der Waals surface area contributed by atoms with Crippen molar-refractivity contribution in [3.8, 4) is 29.1 Å². The van der Waals surface area contributed by atoms with Gasteiger partial charge in [0, 0.05) is 17.7 Å². The van der Waals surface area contributed by atoms with E-state index in [-0.39, 0.29) is 16.9 Å². The zero-order valence-corrected chi connectivity index (χ0v) is 23.5. The highest BCUT2D eigenvalue weighted by Crippen LogP contribution is 2.45. The molecule has 206 valence electrons. The number of benzene rings is 3. The van der Waals surface area contributed by atoms with Crippen molar-refractivity contribution in [2.45, 2.75) is 46.0 Å². The Kier molecular flexibility index (Phi) is 8.49. The van der Waals surface area contributed by atoms with E-state index < -0.39 is 11.9 Å². The number of rotatable bonds is 8. The van der Waals surface area contributed by atoms with Gasteiger partial charge in [0.15, 0.2) is 11.5 Å². The van der Waals surface area contributed by atoms with Gasteiger partial charge in [-0.15, -0.1) is 0 Å². The average Bonchev–Trinajstić information content (AvgIpc) is 2.92. The molecule has 0 saturated carbocycles. The smallest absolute Gasteiger partial charge is 0.336 e. The number of ether oxygens (including phenoxy) is 4. The standard InChI is InChI=1S/C33H34N2O5/c1-6-37-27-16-11-22(18-29(27)38-7-2)31-25-15-14-24(19-28(25)40-32(35)26(31)20-34)39-30(36)17-10-21-8-12-23(13-9-21)33(3,4)5/h8-19,31H,6-7,35H2,1-5H3/b17-10+. The summed E-state index contributed by atoms with van der Waals surface area (Å²) in [5.41, 5.74) is 10.1. The van der Waals surface area contributed by atoms with Crippen LogP contribution in [-0.2, 0) is 10.2 Å². The number of esters is 1. The lowest BCUT2D eigenvalue weighted by atomic mass is 9.83. The lowest BCUT2D eigenvalue weighted by Crippen LogP contribution is -2.21. The summed E-state index contributed by atoms with van der Waals surface area (Å²) in [6, 6.07) is 20.8. The van der Waals surface area contributed by atoms with Crippen molar-refractivity contribution in [1.29, 1.82) is 5.26 Å². The van der Waals surface area contributed by atoms with Crippen LogP contribution >= 0.6 is 0 Å². The van der Waals surface area contributed by atoms with Crippen LogP contribution in [0.4, 0.5) is 0 Å². The molecule has 0 amide bonds. The summed E-state index contributed by atoms with van der Waals surface area (Å²) in [6.07, 6.45) is 3.09. The molecule has 7 nitrogen and oxygen atoms in total. The molecule has 1 unspecified atom stereocenters. The molecule has 3 aromatic rings. The Morgan fingerprint density at radius 3 is 2.35 bits per heavy atom. The maximum atomic E-state index is 12.6. The summed E-state index contributed by atoms with van der Waals surface area (Å²) in [5, 5.41) is 9.91. The first-order valence-electron chi connectivity index (χ1n) is 13.3. The number of carbonyl (C=O) groups excluding carboxylic acids is 1. The van der Waals surface area contributed by atoms with Gasteiger partial charge in [0.1, 0.15) is 23.1 Å². The van der Waals surface area contributed by atoms with Crippen molar-refractivity contribution in [3.63, 3.8) is 0 Å². The highest BCUT2D eigenvalue weighted by molar-refractivity contribution is 5.88. The van der Waals surface area contributed by atoms with Crippen LogP contribution in [0.3, 0.4) is 0 Å². The van der Waals surface area contributed by atoms with Crippen LogP contribution in [-0.4, -0.2) is 19.2 Å². The molecule has 1 aliphatic heterocycles. The molecule has 0 spiro atoms. The molecule has 1 aliphatic rings. The molecule has 0 saturated heterocycles. The molecule has 0 radical (unpaired) electrons. The molecule has 7 heteroatoms. The topological polar surface area (TPSA) is 104 Å². The van der Waals surface area contributed by atoms with Crippen LogP contribution < -0.4 is 24.7 Å². The van der Waals surface area contributed by atoms with Gasteiger partial charge in [-0.2, -0.15) is 5.26 Å². The molecule has 4 rings (SSSR count). The first kappa shape index (κ1) is 28.3. The number of hydrogen-bond acceptors (Lipinski definition) is 7. The van der Waals surface area contributed by atoms with E-state index in [0.717, 1.165) is 11.1 Å². The zero-order chi connectivity index (χ0) is 28.9. The molecule has 0 aromatic heterocycles. The van der Waals surface area contributed by atoms with E-state index in [0.29, 0.717) is 41.8 Å². The molecule has 40 heavy (non-hydrogen) atoms. The summed E-state index contributed by atoms with van der Waals surface area (Å²) >= 11 is 0. The highest BCUT2D eigenvalue weighted by atomic mass is 16.5. The predicted octanol–water partition coefficient (Wildman–Crippen LogP) is 6.62. The third-order valence-corrected chi connectivity index (χ3v) is 6.50. The summed E-state index contributed by atoms with van der Waals surface area (Å²) in [6.45, 7) is 11.2. The first-order chi connectivity index (χ1) is 19.1. The second-order valence-corrected chi connectivity index (χ2v) is 10.3. The van der Waals surface area contributed by atoms with Crippen LogP contribution in [0.5, 0.6) is 23.0 Å². The fourth-order valence-corrected chi connectivity index (χ4v) is 4.50. The van der Waals surface area contributed by atoms with E-state index in [1.54, 1.807) is 24.3 Å². The number of allylic oxidation sites excluding steroid dienone is 1. The van der Waals surface area contributed by atoms with Crippen LogP contribution in [0, 0.1) is 11.3 Å². The molecule has 1 atom stereocenters. The second-order valence-electron chi connectivity index (χ2n) is 10.3. The van der Waals surface area contributed by atoms with E-state index in [9.17, 15) is 10.1 Å². The number of fused-ring (bicyclic) bond motifs is 1. The minimum Gasteiger partial charge on any atom is -0.490 e. The first-order valence-corrected chi connectivity index (χ1v) is 13.3. The number of nitriles is 1. The SMILES string of the molecule is CCOc1ccc(C2C(C#N)=C(N)Oc3cc(OC(=O)/C=C/c4ccc(C(C)(C)C)cc4)ccc32)cc1OCC. The van der Waals surface area contributed by atoms with Crippen molar-refractivity contribution in [2.24, 2.45) is 5.73 Å². The van der Waals surface area contributed by atoms with Gasteiger partial charge in [-0.25, -0.2) is 4.79 Å². The molecule has 3 aromatic carbocycles. The summed E-state index contributed by atoms with van der Waals surface area (Å²) in [4.78, 5) is 12.6. The summed E-state index contributed by atoms with van der Waals surface area (Å²) in [7, 11) is 0. The van der Waals surface area contributed by atoms with Gasteiger partial charge in [-0.1, -0.05) is 57.2 Å². The Labute approximate surface area is 235 Å². The van der Waals surface area contributed by atoms with E-state index >= 15 is 0 Å². The van der Waals surface area contributed by atoms with Gasteiger partial charge in [0.25, 0.3) is 0 Å². The van der Waals surface area contributed by atoms with E-state index in [4.69, 9.17) is 24.7 Å². The number of nitrogens with zero attached hydrogens (tertiary/aromatic N) is 1. The summed E-state index contributed by atoms with van der Waals surface area (Å²) < 4.78 is 22.8. The fraction of sp³-hybridized carbons (Fsp3) is 0.273. The number of carbonyl (C=O) groups is 1. The monoisotopic (exact) mass is 538 g/mol. The second kappa shape index (κ2) is 12.0. The Morgan fingerprint density at radius 1 is 1.00 bits per heavy atom. The van der Waals surface area contributed by atoms with Crippen molar-refractivity contribution >= 4 is 12.0 Å². The van der Waals surface area contributed by atoms with Crippen molar-refractivity contribution in [2.75, 3.05) is 13.2 Å². The third-order valence-electron chi connectivity index (χ3n) is 6.50. The van der Waals surface area contributed by atoms with Gasteiger partial charge in [-0.3, -0.25) is 0 Å². The number of nitrogens with two attached hydrogens (primary N) is 1. The summed E-state index contributed by atoms with van der Waals surface area (Å²) in [5.74, 6) is 0.873. The van der Waals surface area contributed by atoms with Crippen LogP contribution in [0.15, 0.2) is 78.2 Å². The quantitative estimate of drug-likeness (QED) is 0.195. The molecule has 2 N–H and O–H groups in total. The fourth-order valence-electron chi connectivity index (χ4n) is 4.50. The maximum Gasteiger partial charge on any atom is 0.336 e. The lowest BCUT2D eigenvalue weighted by molar-refractivity contribution is -0.128. The van der Waals surface area contributed by atoms with Crippen molar-refractivity contribution < 1.29 is 23.7 Å². The third kappa shape index (κ3) is 6.29. The van der Waals surface area contributed by atoms with Crippen LogP contribution in [0.25, 0.3) is 6.08 Å². The molecule has 1 heterocycles. The largest absolute Gasteiger partial charge is 0.490 e. The predicted molar refractivity (Wildman–Crippen MR) is 154 cm³/mol. The Balaban J connectivity index is 1.58. The lowest BCUT2D eigenvalue weighted by Gasteiger charge is -2.27. The van der Waals surface area contributed by atoms with Gasteiger partial charge in [0.05, 0.1) is 19.1 Å². The Morgan fingerprint density at radius 2 is 1.70 bits per heavy atom. The Hall–Kier alpha value is -4.70. The highest BCUT2D eigenvalue weighted by Gasteiger charge is 2.31.